The second kappa shape index (κ2) is 9.57. The second-order valence-electron chi connectivity index (χ2n) is 6.02. The van der Waals surface area contributed by atoms with Crippen LogP contribution < -0.4 is 10.6 Å². The highest BCUT2D eigenvalue weighted by Crippen LogP contribution is 2.26. The molecule has 0 saturated heterocycles. The summed E-state index contributed by atoms with van der Waals surface area (Å²) in [4.78, 5) is 34.8. The topological polar surface area (TPSA) is 124 Å². The Morgan fingerprint density at radius 1 is 1.10 bits per heavy atom. The molecular weight excluding hydrogens is 414 g/mol. The number of benzene rings is 2. The number of hydrogen-bond donors (Lipinski definition) is 2. The molecule has 3 aromatic rings. The lowest BCUT2D eigenvalue weighted by Crippen LogP contribution is -2.21. The fourth-order valence-corrected chi connectivity index (χ4v) is 2.69. The molecule has 1 aromatic heterocycles. The number of non-ortho nitro benzene ring substituents is 1. The number of nitrogens with one attached hydrogen (secondary N) is 2. The van der Waals surface area contributed by atoms with Gasteiger partial charge < -0.3 is 19.8 Å². The molecular formula is C20H16ClN3O6. The molecule has 1 amide bonds. The number of rotatable bonds is 8. The molecule has 9 nitrogen and oxygen atoms in total. The monoisotopic (exact) mass is 429 g/mol. The van der Waals surface area contributed by atoms with E-state index in [1.54, 1.807) is 42.7 Å². The van der Waals surface area contributed by atoms with E-state index in [9.17, 15) is 19.7 Å². The zero-order valence-corrected chi connectivity index (χ0v) is 16.2. The lowest BCUT2D eigenvalue weighted by Gasteiger charge is -2.11. The smallest absolute Gasteiger partial charge is 0.340 e. The molecule has 0 fully saturated rings. The number of carbonyl (C=O) groups excluding carboxylic acids is 2. The summed E-state index contributed by atoms with van der Waals surface area (Å²) in [5, 5.41) is 16.4. The van der Waals surface area contributed by atoms with E-state index in [4.69, 9.17) is 20.8 Å². The SMILES string of the molecule is O=C(COC(=O)c1ccccc1NCc1ccco1)Nc1cc([N+](=O)[O-])ccc1Cl. The lowest BCUT2D eigenvalue weighted by atomic mass is 10.2. The Labute approximate surface area is 175 Å². The molecule has 154 valence electrons. The molecule has 0 saturated carbocycles. The van der Waals surface area contributed by atoms with Crippen LogP contribution in [0.2, 0.25) is 5.02 Å². The fourth-order valence-electron chi connectivity index (χ4n) is 2.53. The summed E-state index contributed by atoms with van der Waals surface area (Å²) in [5.41, 5.74) is 0.571. The predicted octanol–water partition coefficient (Wildman–Crippen LogP) is 4.25. The van der Waals surface area contributed by atoms with E-state index < -0.39 is 23.4 Å². The molecule has 0 aliphatic rings. The molecule has 2 aromatic carbocycles. The van der Waals surface area contributed by atoms with E-state index in [0.717, 1.165) is 6.07 Å². The maximum atomic E-state index is 12.4. The number of anilines is 2. The first-order chi connectivity index (χ1) is 14.4. The number of carbonyl (C=O) groups is 2. The van der Waals surface area contributed by atoms with E-state index in [1.807, 2.05) is 0 Å². The van der Waals surface area contributed by atoms with Gasteiger partial charge in [0.15, 0.2) is 6.61 Å². The Bertz CT molecular complexity index is 1070. The minimum Gasteiger partial charge on any atom is -0.467 e. The molecule has 30 heavy (non-hydrogen) atoms. The maximum Gasteiger partial charge on any atom is 0.340 e. The van der Waals surface area contributed by atoms with E-state index in [1.165, 1.54) is 12.1 Å². The summed E-state index contributed by atoms with van der Waals surface area (Å²) in [6.07, 6.45) is 1.55. The van der Waals surface area contributed by atoms with Crippen LogP contribution in [0, 0.1) is 10.1 Å². The summed E-state index contributed by atoms with van der Waals surface area (Å²) in [6, 6.07) is 13.8. The first-order valence-corrected chi connectivity index (χ1v) is 9.08. The summed E-state index contributed by atoms with van der Waals surface area (Å²) in [6.45, 7) is -0.229. The molecule has 0 atom stereocenters. The van der Waals surface area contributed by atoms with Crippen LogP contribution >= 0.6 is 11.6 Å². The molecule has 0 aliphatic heterocycles. The van der Waals surface area contributed by atoms with Crippen molar-refractivity contribution in [3.8, 4) is 0 Å². The Balaban J connectivity index is 1.60. The van der Waals surface area contributed by atoms with Gasteiger partial charge in [0, 0.05) is 17.8 Å². The third kappa shape index (κ3) is 5.36. The first kappa shape index (κ1) is 20.9. The van der Waals surface area contributed by atoms with Crippen molar-refractivity contribution in [1.29, 1.82) is 0 Å². The van der Waals surface area contributed by atoms with E-state index in [0.29, 0.717) is 18.0 Å². The first-order valence-electron chi connectivity index (χ1n) is 8.70. The van der Waals surface area contributed by atoms with E-state index >= 15 is 0 Å². The number of furan rings is 1. The third-order valence-electron chi connectivity index (χ3n) is 3.95. The van der Waals surface area contributed by atoms with E-state index in [2.05, 4.69) is 10.6 Å². The van der Waals surface area contributed by atoms with Crippen LogP contribution in [-0.4, -0.2) is 23.4 Å². The van der Waals surface area contributed by atoms with Crippen LogP contribution in [0.1, 0.15) is 16.1 Å². The number of ether oxygens (including phenoxy) is 1. The Morgan fingerprint density at radius 2 is 1.90 bits per heavy atom. The number of esters is 1. The van der Waals surface area contributed by atoms with Crippen LogP contribution in [0.5, 0.6) is 0 Å². The number of nitrogens with zero attached hydrogens (tertiary/aromatic N) is 1. The van der Waals surface area contributed by atoms with Gasteiger partial charge in [0.1, 0.15) is 5.76 Å². The Hall–Kier alpha value is -3.85. The summed E-state index contributed by atoms with van der Waals surface area (Å²) in [7, 11) is 0. The van der Waals surface area contributed by atoms with Gasteiger partial charge >= 0.3 is 5.97 Å². The molecule has 0 spiro atoms. The molecule has 0 radical (unpaired) electrons. The number of nitro groups is 1. The van der Waals surface area contributed by atoms with E-state index in [-0.39, 0.29) is 22.0 Å². The minimum atomic E-state index is -0.710. The van der Waals surface area contributed by atoms with Gasteiger partial charge in [-0.05, 0) is 30.3 Å². The summed E-state index contributed by atoms with van der Waals surface area (Å²) >= 11 is 5.94. The number of halogens is 1. The highest BCUT2D eigenvalue weighted by Gasteiger charge is 2.16. The predicted molar refractivity (Wildman–Crippen MR) is 109 cm³/mol. The highest BCUT2D eigenvalue weighted by atomic mass is 35.5. The van der Waals surface area contributed by atoms with Crippen molar-refractivity contribution < 1.29 is 23.7 Å². The van der Waals surface area contributed by atoms with Crippen molar-refractivity contribution in [2.45, 2.75) is 6.54 Å². The summed E-state index contributed by atoms with van der Waals surface area (Å²) < 4.78 is 10.3. The van der Waals surface area contributed by atoms with Gasteiger partial charge in [-0.2, -0.15) is 0 Å². The second-order valence-corrected chi connectivity index (χ2v) is 6.43. The molecule has 2 N–H and O–H groups in total. The number of amides is 1. The van der Waals surface area contributed by atoms with Crippen molar-refractivity contribution in [2.24, 2.45) is 0 Å². The van der Waals surface area contributed by atoms with Gasteiger partial charge in [0.2, 0.25) is 0 Å². The lowest BCUT2D eigenvalue weighted by molar-refractivity contribution is -0.384. The molecule has 3 rings (SSSR count). The number of hydrogen-bond acceptors (Lipinski definition) is 7. The molecule has 10 heteroatoms. The van der Waals surface area contributed by atoms with Crippen LogP contribution in [0.4, 0.5) is 17.1 Å². The Morgan fingerprint density at radius 3 is 2.63 bits per heavy atom. The van der Waals surface area contributed by atoms with Crippen molar-refractivity contribution in [1.82, 2.24) is 0 Å². The standard InChI is InChI=1S/C20H16ClN3O6/c21-16-8-7-13(24(27)28)10-18(16)23-19(25)12-30-20(26)15-5-1-2-6-17(15)22-11-14-4-3-9-29-14/h1-10,22H,11-12H2,(H,23,25). The van der Waals surface area contributed by atoms with Crippen molar-refractivity contribution in [2.75, 3.05) is 17.2 Å². The molecule has 0 aliphatic carbocycles. The fraction of sp³-hybridized carbons (Fsp3) is 0.100. The number of nitro benzene ring substituents is 1. The van der Waals surface area contributed by atoms with Crippen molar-refractivity contribution in [3.05, 3.63) is 87.3 Å². The van der Waals surface area contributed by atoms with Crippen molar-refractivity contribution >= 4 is 40.5 Å². The molecule has 0 bridgehead atoms. The molecule has 0 unspecified atom stereocenters. The normalized spacial score (nSPS) is 10.3. The minimum absolute atomic E-state index is 0.0485. The van der Waals surface area contributed by atoms with Gasteiger partial charge in [-0.3, -0.25) is 14.9 Å². The van der Waals surface area contributed by atoms with Crippen LogP contribution in [0.15, 0.2) is 65.3 Å². The maximum absolute atomic E-state index is 12.4. The van der Waals surface area contributed by atoms with Gasteiger partial charge in [0.05, 0.1) is 34.0 Å². The quantitative estimate of drug-likeness (QED) is 0.311. The average Bonchev–Trinajstić information content (AvgIpc) is 3.26. The van der Waals surface area contributed by atoms with Crippen LogP contribution in [-0.2, 0) is 16.1 Å². The van der Waals surface area contributed by atoms with Gasteiger partial charge in [-0.1, -0.05) is 23.7 Å². The van der Waals surface area contributed by atoms with Gasteiger partial charge in [-0.15, -0.1) is 0 Å². The number of para-hydroxylation sites is 1. The average molecular weight is 430 g/mol. The Kier molecular flexibility index (Phi) is 6.66. The highest BCUT2D eigenvalue weighted by molar-refractivity contribution is 6.33. The largest absolute Gasteiger partial charge is 0.467 e. The van der Waals surface area contributed by atoms with Crippen LogP contribution in [0.3, 0.4) is 0 Å². The van der Waals surface area contributed by atoms with Crippen molar-refractivity contribution in [3.63, 3.8) is 0 Å². The van der Waals surface area contributed by atoms with Gasteiger partial charge in [0.25, 0.3) is 11.6 Å². The van der Waals surface area contributed by atoms with Gasteiger partial charge in [-0.25, -0.2) is 4.79 Å². The zero-order chi connectivity index (χ0) is 21.5. The third-order valence-corrected chi connectivity index (χ3v) is 4.28. The van der Waals surface area contributed by atoms with Crippen LogP contribution in [0.25, 0.3) is 0 Å². The zero-order valence-electron chi connectivity index (χ0n) is 15.5. The molecule has 1 heterocycles. The summed E-state index contributed by atoms with van der Waals surface area (Å²) in [5.74, 6) is -0.712.